The summed E-state index contributed by atoms with van der Waals surface area (Å²) in [6.45, 7) is 0. The molecule has 14 heavy (non-hydrogen) atoms. The van der Waals surface area contributed by atoms with Crippen molar-refractivity contribution in [3.05, 3.63) is 23.7 Å². The molecule has 0 radical (unpaired) electrons. The molecule has 2 aromatic rings. The van der Waals surface area contributed by atoms with Gasteiger partial charge in [-0.15, -0.1) is 0 Å². The second-order valence-corrected chi connectivity index (χ2v) is 3.20. The Kier molecular flexibility index (Phi) is 2.09. The third kappa shape index (κ3) is 1.42. The highest BCUT2D eigenvalue weighted by Crippen LogP contribution is 2.27. The molecular formula is C8H8ClN5. The van der Waals surface area contributed by atoms with Crippen molar-refractivity contribution < 1.29 is 0 Å². The van der Waals surface area contributed by atoms with Crippen LogP contribution in [0.5, 0.6) is 0 Å². The summed E-state index contributed by atoms with van der Waals surface area (Å²) in [5, 5.41) is 4.38. The van der Waals surface area contributed by atoms with E-state index in [9.17, 15) is 0 Å². The number of hydrogen-bond donors (Lipinski definition) is 1. The quantitative estimate of drug-likeness (QED) is 0.764. The molecule has 2 rings (SSSR count). The largest absolute Gasteiger partial charge is 0.382 e. The van der Waals surface area contributed by atoms with Gasteiger partial charge < -0.3 is 5.73 Å². The third-order valence-electron chi connectivity index (χ3n) is 1.79. The summed E-state index contributed by atoms with van der Waals surface area (Å²) in [5.74, 6) is 0.278. The number of halogens is 1. The molecule has 2 aromatic heterocycles. The minimum absolute atomic E-state index is 0.278. The van der Waals surface area contributed by atoms with Crippen molar-refractivity contribution in [3.8, 4) is 11.3 Å². The van der Waals surface area contributed by atoms with Gasteiger partial charge in [0.05, 0.1) is 11.9 Å². The Hall–Kier alpha value is -1.62. The molecular weight excluding hydrogens is 202 g/mol. The number of nitrogens with zero attached hydrogens (tertiary/aromatic N) is 4. The molecule has 0 atom stereocenters. The molecule has 0 unspecified atom stereocenters. The van der Waals surface area contributed by atoms with Crippen LogP contribution in [-0.4, -0.2) is 19.7 Å². The normalized spacial score (nSPS) is 10.4. The van der Waals surface area contributed by atoms with E-state index in [4.69, 9.17) is 17.3 Å². The number of nitrogen functional groups attached to an aromatic ring is 1. The number of nitrogens with two attached hydrogens (primary N) is 1. The van der Waals surface area contributed by atoms with Crippen molar-refractivity contribution in [3.63, 3.8) is 0 Å². The van der Waals surface area contributed by atoms with E-state index in [1.54, 1.807) is 10.9 Å². The van der Waals surface area contributed by atoms with Gasteiger partial charge in [0.15, 0.2) is 0 Å². The molecule has 0 amide bonds. The zero-order valence-corrected chi connectivity index (χ0v) is 8.23. The second kappa shape index (κ2) is 3.26. The van der Waals surface area contributed by atoms with Crippen LogP contribution in [0.15, 0.2) is 18.7 Å². The van der Waals surface area contributed by atoms with Crippen LogP contribution in [0.2, 0.25) is 5.02 Å². The van der Waals surface area contributed by atoms with Crippen molar-refractivity contribution in [2.45, 2.75) is 0 Å². The lowest BCUT2D eigenvalue weighted by Crippen LogP contribution is -1.94. The molecule has 2 heterocycles. The average Bonchev–Trinajstić information content (AvgIpc) is 2.57. The monoisotopic (exact) mass is 209 g/mol. The van der Waals surface area contributed by atoms with Crippen LogP contribution in [0.3, 0.4) is 0 Å². The van der Waals surface area contributed by atoms with Crippen LogP contribution in [-0.2, 0) is 7.05 Å². The number of hydrogen-bond acceptors (Lipinski definition) is 4. The lowest BCUT2D eigenvalue weighted by molar-refractivity contribution is 0.768. The van der Waals surface area contributed by atoms with E-state index in [0.717, 1.165) is 5.56 Å². The molecule has 6 heteroatoms. The van der Waals surface area contributed by atoms with E-state index in [2.05, 4.69) is 15.1 Å². The summed E-state index contributed by atoms with van der Waals surface area (Å²) in [6.07, 6.45) is 4.87. The molecule has 2 N–H and O–H groups in total. The number of aryl methyl sites for hydroxylation is 1. The highest BCUT2D eigenvalue weighted by Gasteiger charge is 2.09. The Morgan fingerprint density at radius 2 is 2.21 bits per heavy atom. The zero-order chi connectivity index (χ0) is 10.1. The molecule has 0 aliphatic heterocycles. The van der Waals surface area contributed by atoms with Gasteiger partial charge in [-0.1, -0.05) is 11.6 Å². The van der Waals surface area contributed by atoms with Crippen LogP contribution >= 0.6 is 11.6 Å². The first-order valence-electron chi connectivity index (χ1n) is 3.93. The molecule has 0 bridgehead atoms. The molecule has 0 fully saturated rings. The van der Waals surface area contributed by atoms with Crippen LogP contribution in [0.4, 0.5) is 5.82 Å². The first-order chi connectivity index (χ1) is 6.68. The number of rotatable bonds is 1. The Labute approximate surface area is 85.5 Å². The SMILES string of the molecule is Cn1cc(-c2ncnc(N)c2Cl)cn1. The predicted molar refractivity (Wildman–Crippen MR) is 53.7 cm³/mol. The lowest BCUT2D eigenvalue weighted by atomic mass is 10.2. The summed E-state index contributed by atoms with van der Waals surface area (Å²) >= 11 is 5.95. The van der Waals surface area contributed by atoms with Gasteiger partial charge in [-0.05, 0) is 0 Å². The molecule has 0 saturated carbocycles. The van der Waals surface area contributed by atoms with E-state index >= 15 is 0 Å². The van der Waals surface area contributed by atoms with Crippen LogP contribution in [0, 0.1) is 0 Å². The maximum Gasteiger partial charge on any atom is 0.146 e. The fraction of sp³-hybridized carbons (Fsp3) is 0.125. The summed E-state index contributed by atoms with van der Waals surface area (Å²) in [7, 11) is 1.82. The third-order valence-corrected chi connectivity index (χ3v) is 2.17. The van der Waals surface area contributed by atoms with Crippen molar-refractivity contribution in [1.82, 2.24) is 19.7 Å². The maximum absolute atomic E-state index is 5.95. The van der Waals surface area contributed by atoms with Gasteiger partial charge in [0.25, 0.3) is 0 Å². The topological polar surface area (TPSA) is 69.6 Å². The van der Waals surface area contributed by atoms with Crippen molar-refractivity contribution >= 4 is 17.4 Å². The average molecular weight is 210 g/mol. The highest BCUT2D eigenvalue weighted by molar-refractivity contribution is 6.35. The standard InChI is InChI=1S/C8H8ClN5/c1-14-3-5(2-13-14)7-6(9)8(10)12-4-11-7/h2-4H,1H3,(H2,10,11,12). The van der Waals surface area contributed by atoms with Crippen molar-refractivity contribution in [2.75, 3.05) is 5.73 Å². The van der Waals surface area contributed by atoms with E-state index in [1.807, 2.05) is 13.2 Å². The van der Waals surface area contributed by atoms with E-state index in [0.29, 0.717) is 10.7 Å². The van der Waals surface area contributed by atoms with Gasteiger partial charge >= 0.3 is 0 Å². The molecule has 5 nitrogen and oxygen atoms in total. The van der Waals surface area contributed by atoms with E-state index in [-0.39, 0.29) is 5.82 Å². The lowest BCUT2D eigenvalue weighted by Gasteiger charge is -2.00. The molecule has 0 aliphatic rings. The predicted octanol–water partition coefficient (Wildman–Crippen LogP) is 1.11. The first kappa shape index (κ1) is 8.96. The van der Waals surface area contributed by atoms with E-state index < -0.39 is 0 Å². The minimum atomic E-state index is 0.278. The fourth-order valence-electron chi connectivity index (χ4n) is 1.13. The maximum atomic E-state index is 5.95. The Morgan fingerprint density at radius 1 is 1.43 bits per heavy atom. The Balaban J connectivity index is 2.57. The van der Waals surface area contributed by atoms with Gasteiger partial charge in [-0.3, -0.25) is 4.68 Å². The fourth-order valence-corrected chi connectivity index (χ4v) is 1.33. The highest BCUT2D eigenvalue weighted by atomic mass is 35.5. The van der Waals surface area contributed by atoms with Crippen molar-refractivity contribution in [2.24, 2.45) is 7.05 Å². The number of anilines is 1. The van der Waals surface area contributed by atoms with Gasteiger partial charge in [0.1, 0.15) is 17.2 Å². The van der Waals surface area contributed by atoms with Gasteiger partial charge in [-0.2, -0.15) is 5.10 Å². The van der Waals surface area contributed by atoms with Crippen LogP contribution < -0.4 is 5.73 Å². The minimum Gasteiger partial charge on any atom is -0.382 e. The van der Waals surface area contributed by atoms with Crippen LogP contribution in [0.25, 0.3) is 11.3 Å². The summed E-state index contributed by atoms with van der Waals surface area (Å²) < 4.78 is 1.67. The summed E-state index contributed by atoms with van der Waals surface area (Å²) in [5.41, 5.74) is 6.98. The molecule has 0 aliphatic carbocycles. The van der Waals surface area contributed by atoms with Crippen LogP contribution in [0.1, 0.15) is 0 Å². The first-order valence-corrected chi connectivity index (χ1v) is 4.31. The van der Waals surface area contributed by atoms with Gasteiger partial charge in [-0.25, -0.2) is 9.97 Å². The summed E-state index contributed by atoms with van der Waals surface area (Å²) in [6, 6.07) is 0. The Morgan fingerprint density at radius 3 is 2.86 bits per heavy atom. The molecule has 0 saturated heterocycles. The van der Waals surface area contributed by atoms with E-state index in [1.165, 1.54) is 6.33 Å². The number of aromatic nitrogens is 4. The molecule has 0 aromatic carbocycles. The molecule has 72 valence electrons. The zero-order valence-electron chi connectivity index (χ0n) is 7.48. The Bertz CT molecular complexity index is 465. The molecule has 0 spiro atoms. The smallest absolute Gasteiger partial charge is 0.146 e. The summed E-state index contributed by atoms with van der Waals surface area (Å²) in [4.78, 5) is 7.83. The second-order valence-electron chi connectivity index (χ2n) is 2.82. The van der Waals surface area contributed by atoms with Gasteiger partial charge in [0.2, 0.25) is 0 Å². The van der Waals surface area contributed by atoms with Gasteiger partial charge in [0, 0.05) is 18.8 Å². The van der Waals surface area contributed by atoms with Crippen molar-refractivity contribution in [1.29, 1.82) is 0 Å².